The average Bonchev–Trinajstić information content (AvgIpc) is 3.02. The maximum Gasteiger partial charge on any atom is 0.269 e. The van der Waals surface area contributed by atoms with Crippen LogP contribution in [-0.4, -0.2) is 35.7 Å². The van der Waals surface area contributed by atoms with Crippen LogP contribution in [0.5, 0.6) is 0 Å². The molecule has 0 aliphatic rings. The van der Waals surface area contributed by atoms with Crippen LogP contribution in [0.2, 0.25) is 0 Å². The van der Waals surface area contributed by atoms with Gasteiger partial charge in [0.15, 0.2) is 15.0 Å². The summed E-state index contributed by atoms with van der Waals surface area (Å²) < 4.78 is 24.0. The highest BCUT2D eigenvalue weighted by Gasteiger charge is 2.18. The van der Waals surface area contributed by atoms with Gasteiger partial charge in [0.2, 0.25) is 5.91 Å². The Labute approximate surface area is 169 Å². The number of carbonyl (C=O) groups is 1. The lowest BCUT2D eigenvalue weighted by Gasteiger charge is -2.10. The SMILES string of the molecule is CC(Sc1ccc([N+](=O)[O-])cc1)C(=O)Nc1nc2ccc(S(C)(=O)=O)cc2s1. The molecular weight excluding hydrogens is 422 g/mol. The number of hydrogen-bond donors (Lipinski definition) is 1. The number of non-ortho nitro benzene ring substituents is 1. The number of anilines is 1. The van der Waals surface area contributed by atoms with Gasteiger partial charge in [-0.2, -0.15) is 0 Å². The van der Waals surface area contributed by atoms with Crippen molar-refractivity contribution in [2.45, 2.75) is 22.0 Å². The molecule has 28 heavy (non-hydrogen) atoms. The summed E-state index contributed by atoms with van der Waals surface area (Å²) in [5, 5.41) is 13.3. The van der Waals surface area contributed by atoms with Crippen LogP contribution < -0.4 is 5.32 Å². The summed E-state index contributed by atoms with van der Waals surface area (Å²) in [6, 6.07) is 10.6. The Morgan fingerprint density at radius 1 is 1.25 bits per heavy atom. The predicted octanol–water partition coefficient (Wildman–Crippen LogP) is 3.73. The highest BCUT2D eigenvalue weighted by Crippen LogP contribution is 2.30. The third kappa shape index (κ3) is 4.66. The Balaban J connectivity index is 1.70. The molecule has 0 fully saturated rings. The summed E-state index contributed by atoms with van der Waals surface area (Å²) in [6.45, 7) is 1.72. The molecule has 11 heteroatoms. The minimum absolute atomic E-state index is 0.00982. The number of fused-ring (bicyclic) bond motifs is 1. The molecule has 0 saturated heterocycles. The monoisotopic (exact) mass is 437 g/mol. The number of amides is 1. The molecule has 1 atom stereocenters. The van der Waals surface area contributed by atoms with Crippen LogP contribution in [0.3, 0.4) is 0 Å². The van der Waals surface area contributed by atoms with E-state index in [2.05, 4.69) is 10.3 Å². The highest BCUT2D eigenvalue weighted by atomic mass is 32.2. The number of rotatable bonds is 6. The van der Waals surface area contributed by atoms with Gasteiger partial charge in [0.25, 0.3) is 5.69 Å². The third-order valence-electron chi connectivity index (χ3n) is 3.75. The van der Waals surface area contributed by atoms with Crippen molar-refractivity contribution >= 4 is 59.9 Å². The van der Waals surface area contributed by atoms with Crippen molar-refractivity contribution in [3.63, 3.8) is 0 Å². The van der Waals surface area contributed by atoms with Gasteiger partial charge in [-0.25, -0.2) is 13.4 Å². The van der Waals surface area contributed by atoms with Gasteiger partial charge in [-0.3, -0.25) is 14.9 Å². The van der Waals surface area contributed by atoms with Crippen LogP contribution in [0.1, 0.15) is 6.92 Å². The number of thioether (sulfide) groups is 1. The number of benzene rings is 2. The topological polar surface area (TPSA) is 119 Å². The second-order valence-corrected chi connectivity index (χ2v) is 10.4. The maximum absolute atomic E-state index is 12.4. The van der Waals surface area contributed by atoms with E-state index >= 15 is 0 Å². The maximum atomic E-state index is 12.4. The largest absolute Gasteiger partial charge is 0.301 e. The Kier molecular flexibility index (Phi) is 5.68. The second-order valence-electron chi connectivity index (χ2n) is 5.92. The van der Waals surface area contributed by atoms with Crippen LogP contribution >= 0.6 is 23.1 Å². The molecule has 1 unspecified atom stereocenters. The summed E-state index contributed by atoms with van der Waals surface area (Å²) in [5.74, 6) is -0.272. The van der Waals surface area contributed by atoms with Crippen molar-refractivity contribution in [2.75, 3.05) is 11.6 Å². The molecule has 1 amide bonds. The first-order valence-corrected chi connectivity index (χ1v) is 11.5. The van der Waals surface area contributed by atoms with Crippen LogP contribution in [0.15, 0.2) is 52.3 Å². The highest BCUT2D eigenvalue weighted by molar-refractivity contribution is 8.00. The molecular formula is C17H15N3O5S3. The number of aromatic nitrogens is 1. The van der Waals surface area contributed by atoms with Gasteiger partial charge in [-0.05, 0) is 37.3 Å². The molecule has 1 aromatic heterocycles. The van der Waals surface area contributed by atoms with Crippen molar-refractivity contribution in [3.8, 4) is 0 Å². The Morgan fingerprint density at radius 3 is 2.54 bits per heavy atom. The summed E-state index contributed by atoms with van der Waals surface area (Å²) in [4.78, 5) is 27.9. The third-order valence-corrected chi connectivity index (χ3v) is 6.90. The fraction of sp³-hybridized carbons (Fsp3) is 0.176. The number of thiazole rings is 1. The van der Waals surface area contributed by atoms with E-state index in [-0.39, 0.29) is 16.5 Å². The number of carbonyl (C=O) groups excluding carboxylic acids is 1. The van der Waals surface area contributed by atoms with Crippen molar-refractivity contribution in [2.24, 2.45) is 0 Å². The van der Waals surface area contributed by atoms with Gasteiger partial charge in [0, 0.05) is 23.3 Å². The minimum Gasteiger partial charge on any atom is -0.301 e. The van der Waals surface area contributed by atoms with Crippen LogP contribution in [0.25, 0.3) is 10.2 Å². The quantitative estimate of drug-likeness (QED) is 0.354. The molecule has 3 aromatic rings. The van der Waals surface area contributed by atoms with Gasteiger partial charge in [-0.15, -0.1) is 11.8 Å². The number of nitrogens with zero attached hydrogens (tertiary/aromatic N) is 2. The minimum atomic E-state index is -3.32. The lowest BCUT2D eigenvalue weighted by atomic mass is 10.3. The predicted molar refractivity (Wildman–Crippen MR) is 110 cm³/mol. The van der Waals surface area contributed by atoms with Crippen LogP contribution in [-0.2, 0) is 14.6 Å². The molecule has 1 N–H and O–H groups in total. The summed E-state index contributed by atoms with van der Waals surface area (Å²) in [6.07, 6.45) is 1.13. The molecule has 2 aromatic carbocycles. The number of hydrogen-bond acceptors (Lipinski definition) is 8. The zero-order valence-electron chi connectivity index (χ0n) is 14.8. The summed E-state index contributed by atoms with van der Waals surface area (Å²) in [5.41, 5.74) is 0.591. The van der Waals surface area contributed by atoms with E-state index < -0.39 is 20.0 Å². The standard InChI is InChI=1S/C17H15N3O5S3/c1-10(26-12-5-3-11(4-6-12)20(22)23)16(21)19-17-18-14-8-7-13(28(2,24)25)9-15(14)27-17/h3-10H,1-2H3,(H,18,19,21). The van der Waals surface area contributed by atoms with E-state index in [1.165, 1.54) is 47.4 Å². The summed E-state index contributed by atoms with van der Waals surface area (Å²) >= 11 is 2.46. The first kappa shape index (κ1) is 20.2. The Bertz CT molecular complexity index is 1160. The number of nitrogens with one attached hydrogen (secondary N) is 1. The van der Waals surface area contributed by atoms with Gasteiger partial charge in [-0.1, -0.05) is 11.3 Å². The molecule has 0 aliphatic heterocycles. The molecule has 0 saturated carbocycles. The number of nitro benzene ring substituents is 1. The summed E-state index contributed by atoms with van der Waals surface area (Å²) in [7, 11) is -3.32. The smallest absolute Gasteiger partial charge is 0.269 e. The molecule has 3 rings (SSSR count). The Morgan fingerprint density at radius 2 is 1.93 bits per heavy atom. The van der Waals surface area contributed by atoms with E-state index in [1.807, 2.05) is 0 Å². The van der Waals surface area contributed by atoms with Crippen molar-refractivity contribution < 1.29 is 18.1 Å². The van der Waals surface area contributed by atoms with Gasteiger partial charge in [0.05, 0.1) is 25.3 Å². The van der Waals surface area contributed by atoms with E-state index in [0.717, 1.165) is 11.2 Å². The fourth-order valence-corrected chi connectivity index (χ4v) is 4.80. The molecule has 0 bridgehead atoms. The van der Waals surface area contributed by atoms with Crippen molar-refractivity contribution in [1.82, 2.24) is 4.98 Å². The fourth-order valence-electron chi connectivity index (χ4n) is 2.30. The molecule has 146 valence electrons. The van der Waals surface area contributed by atoms with Crippen LogP contribution in [0, 0.1) is 10.1 Å². The molecule has 0 aliphatic carbocycles. The van der Waals surface area contributed by atoms with Crippen molar-refractivity contribution in [3.05, 3.63) is 52.6 Å². The number of nitro groups is 1. The molecule has 0 radical (unpaired) electrons. The van der Waals surface area contributed by atoms with Crippen molar-refractivity contribution in [1.29, 1.82) is 0 Å². The van der Waals surface area contributed by atoms with E-state index in [0.29, 0.717) is 15.3 Å². The molecule has 0 spiro atoms. The number of sulfone groups is 1. The zero-order valence-corrected chi connectivity index (χ0v) is 17.2. The van der Waals surface area contributed by atoms with E-state index in [4.69, 9.17) is 0 Å². The van der Waals surface area contributed by atoms with Gasteiger partial charge < -0.3 is 5.32 Å². The first-order chi connectivity index (χ1) is 13.1. The Hall–Kier alpha value is -2.50. The zero-order chi connectivity index (χ0) is 20.5. The van der Waals surface area contributed by atoms with Gasteiger partial charge >= 0.3 is 0 Å². The first-order valence-electron chi connectivity index (χ1n) is 7.96. The second kappa shape index (κ2) is 7.86. The average molecular weight is 438 g/mol. The van der Waals surface area contributed by atoms with Crippen LogP contribution in [0.4, 0.5) is 10.8 Å². The van der Waals surface area contributed by atoms with Gasteiger partial charge in [0.1, 0.15) is 0 Å². The van der Waals surface area contributed by atoms with E-state index in [9.17, 15) is 23.3 Å². The molecule has 1 heterocycles. The lowest BCUT2D eigenvalue weighted by Crippen LogP contribution is -2.22. The lowest BCUT2D eigenvalue weighted by molar-refractivity contribution is -0.384. The van der Waals surface area contributed by atoms with E-state index in [1.54, 1.807) is 25.1 Å². The molecule has 8 nitrogen and oxygen atoms in total. The normalized spacial score (nSPS) is 12.6.